The number of hydrogen-bond acceptors (Lipinski definition) is 6. The monoisotopic (exact) mass is 512 g/mol. The fourth-order valence-electron chi connectivity index (χ4n) is 4.14. The zero-order valence-corrected chi connectivity index (χ0v) is 21.9. The van der Waals surface area contributed by atoms with Crippen molar-refractivity contribution in [3.8, 4) is 0 Å². The first-order valence-electron chi connectivity index (χ1n) is 13.0. The lowest BCUT2D eigenvalue weighted by Crippen LogP contribution is -2.16. The Labute approximate surface area is 218 Å². The quantitative estimate of drug-likeness (QED) is 0.156. The van der Waals surface area contributed by atoms with E-state index < -0.39 is 0 Å². The summed E-state index contributed by atoms with van der Waals surface area (Å²) in [5.74, 6) is 1.27. The van der Waals surface area contributed by atoms with E-state index in [4.69, 9.17) is 0 Å². The van der Waals surface area contributed by atoms with Crippen LogP contribution in [0.1, 0.15) is 82.6 Å². The SMILES string of the molecule is C.CCCCCCNCc1c[nH]c2nc(C)[nH]c(=O)c12.CCCCNCc1c[nH]c2nc(C)[nH]c(=O)c12. The predicted octanol–water partition coefficient (Wildman–Crippen LogP) is 4.31. The number of hydrogen-bond donors (Lipinski definition) is 6. The number of rotatable bonds is 12. The van der Waals surface area contributed by atoms with E-state index in [1.54, 1.807) is 13.8 Å². The maximum absolute atomic E-state index is 11.9. The highest BCUT2D eigenvalue weighted by atomic mass is 16.1. The third kappa shape index (κ3) is 8.40. The van der Waals surface area contributed by atoms with Crippen molar-refractivity contribution in [2.75, 3.05) is 13.1 Å². The molecule has 4 aromatic rings. The molecule has 10 nitrogen and oxygen atoms in total. The van der Waals surface area contributed by atoms with Gasteiger partial charge in [-0.1, -0.05) is 47.0 Å². The molecule has 0 amide bonds. The highest BCUT2D eigenvalue weighted by Gasteiger charge is 2.10. The second-order valence-electron chi connectivity index (χ2n) is 9.15. The van der Waals surface area contributed by atoms with Gasteiger partial charge in [0.05, 0.1) is 10.8 Å². The van der Waals surface area contributed by atoms with Gasteiger partial charge < -0.3 is 30.6 Å². The van der Waals surface area contributed by atoms with E-state index in [1.165, 1.54) is 32.1 Å². The Balaban J connectivity index is 0.000000255. The second kappa shape index (κ2) is 15.1. The Bertz CT molecular complexity index is 1350. The molecular formula is C27H44N8O2. The van der Waals surface area contributed by atoms with E-state index in [1.807, 2.05) is 12.4 Å². The molecule has 0 aliphatic heterocycles. The Kier molecular flexibility index (Phi) is 12.2. The molecule has 4 rings (SSSR count). The van der Waals surface area contributed by atoms with Crippen LogP contribution in [-0.2, 0) is 13.1 Å². The smallest absolute Gasteiger partial charge is 0.260 e. The van der Waals surface area contributed by atoms with E-state index in [9.17, 15) is 9.59 Å². The normalized spacial score (nSPS) is 10.9. The van der Waals surface area contributed by atoms with Gasteiger partial charge >= 0.3 is 0 Å². The van der Waals surface area contributed by atoms with Crippen molar-refractivity contribution in [1.29, 1.82) is 0 Å². The minimum absolute atomic E-state index is 0. The highest BCUT2D eigenvalue weighted by Crippen LogP contribution is 2.12. The third-order valence-corrected chi connectivity index (χ3v) is 6.03. The molecule has 4 heterocycles. The van der Waals surface area contributed by atoms with Crippen molar-refractivity contribution < 1.29 is 0 Å². The fraction of sp³-hybridized carbons (Fsp3) is 0.556. The van der Waals surface area contributed by atoms with Crippen molar-refractivity contribution in [3.05, 3.63) is 55.9 Å². The number of aryl methyl sites for hydroxylation is 2. The summed E-state index contributed by atoms with van der Waals surface area (Å²) in [5.41, 5.74) is 3.17. The van der Waals surface area contributed by atoms with Crippen LogP contribution in [0.25, 0.3) is 22.1 Å². The van der Waals surface area contributed by atoms with Crippen LogP contribution in [0.3, 0.4) is 0 Å². The van der Waals surface area contributed by atoms with E-state index in [-0.39, 0.29) is 18.5 Å². The van der Waals surface area contributed by atoms with Gasteiger partial charge in [0, 0.05) is 25.5 Å². The molecule has 0 aromatic carbocycles. The van der Waals surface area contributed by atoms with Gasteiger partial charge in [-0.05, 0) is 50.9 Å². The Morgan fingerprint density at radius 1 is 0.703 bits per heavy atom. The molecule has 0 atom stereocenters. The van der Waals surface area contributed by atoms with Crippen molar-refractivity contribution in [1.82, 2.24) is 40.5 Å². The summed E-state index contributed by atoms with van der Waals surface area (Å²) >= 11 is 0. The van der Waals surface area contributed by atoms with Crippen LogP contribution in [0.15, 0.2) is 22.0 Å². The molecule has 0 aliphatic carbocycles. The van der Waals surface area contributed by atoms with Crippen molar-refractivity contribution in [2.45, 2.75) is 86.7 Å². The van der Waals surface area contributed by atoms with E-state index >= 15 is 0 Å². The number of H-pyrrole nitrogens is 4. The van der Waals surface area contributed by atoms with E-state index in [0.717, 1.165) is 30.6 Å². The first kappa shape index (κ1) is 30.0. The number of fused-ring (bicyclic) bond motifs is 2. The van der Waals surface area contributed by atoms with Gasteiger partial charge in [0.1, 0.15) is 22.9 Å². The van der Waals surface area contributed by atoms with Gasteiger partial charge in [-0.3, -0.25) is 9.59 Å². The van der Waals surface area contributed by atoms with Crippen molar-refractivity contribution in [3.63, 3.8) is 0 Å². The molecule has 204 valence electrons. The Morgan fingerprint density at radius 3 is 1.62 bits per heavy atom. The summed E-state index contributed by atoms with van der Waals surface area (Å²) in [6, 6.07) is 0. The molecule has 37 heavy (non-hydrogen) atoms. The zero-order chi connectivity index (χ0) is 25.9. The molecule has 0 aliphatic rings. The largest absolute Gasteiger partial charge is 0.346 e. The van der Waals surface area contributed by atoms with Gasteiger partial charge in [0.2, 0.25) is 0 Å². The first-order chi connectivity index (χ1) is 17.4. The van der Waals surface area contributed by atoms with Crippen LogP contribution in [0.5, 0.6) is 0 Å². The number of aromatic amines is 4. The number of aromatic nitrogens is 6. The number of nitrogens with one attached hydrogen (secondary N) is 6. The Morgan fingerprint density at radius 2 is 1.16 bits per heavy atom. The molecule has 6 N–H and O–H groups in total. The molecule has 0 spiro atoms. The molecule has 0 bridgehead atoms. The summed E-state index contributed by atoms with van der Waals surface area (Å²) < 4.78 is 0. The molecular weight excluding hydrogens is 468 g/mol. The molecule has 0 fully saturated rings. The lowest BCUT2D eigenvalue weighted by molar-refractivity contribution is 0.599. The maximum atomic E-state index is 11.9. The summed E-state index contributed by atoms with van der Waals surface area (Å²) in [7, 11) is 0. The minimum atomic E-state index is -0.0685. The van der Waals surface area contributed by atoms with Crippen LogP contribution < -0.4 is 21.8 Å². The van der Waals surface area contributed by atoms with Gasteiger partial charge in [-0.2, -0.15) is 0 Å². The summed E-state index contributed by atoms with van der Waals surface area (Å²) in [6.07, 6.45) is 11.0. The minimum Gasteiger partial charge on any atom is -0.346 e. The zero-order valence-electron chi connectivity index (χ0n) is 21.9. The Hall–Kier alpha value is -3.24. The van der Waals surface area contributed by atoms with Crippen LogP contribution in [0, 0.1) is 13.8 Å². The molecule has 0 radical (unpaired) electrons. The van der Waals surface area contributed by atoms with Crippen LogP contribution in [0.4, 0.5) is 0 Å². The van der Waals surface area contributed by atoms with Gasteiger partial charge in [-0.25, -0.2) is 9.97 Å². The van der Waals surface area contributed by atoms with E-state index in [0.29, 0.717) is 46.8 Å². The summed E-state index contributed by atoms with van der Waals surface area (Å²) in [5, 5.41) is 8.04. The number of nitrogens with zero attached hydrogens (tertiary/aromatic N) is 2. The molecule has 4 aromatic heterocycles. The highest BCUT2D eigenvalue weighted by molar-refractivity contribution is 5.79. The van der Waals surface area contributed by atoms with Crippen LogP contribution >= 0.6 is 0 Å². The van der Waals surface area contributed by atoms with Crippen molar-refractivity contribution >= 4 is 22.1 Å². The topological polar surface area (TPSA) is 147 Å². The first-order valence-corrected chi connectivity index (χ1v) is 13.0. The maximum Gasteiger partial charge on any atom is 0.260 e. The lowest BCUT2D eigenvalue weighted by atomic mass is 10.2. The predicted molar refractivity (Wildman–Crippen MR) is 152 cm³/mol. The standard InChI is InChI=1S/C14H22N4O.C12H18N4O.CH4/c1-3-4-5-6-7-15-8-11-9-16-13-12(11)14(19)18-10(2)17-13;1-3-4-5-13-6-9-7-14-11-10(9)12(17)16-8(2)15-11;/h9,15H,3-8H2,1-2H3,(H2,16,17,18,19);7,13H,3-6H2,1-2H3,(H2,14,15,16,17);1H4. The summed E-state index contributed by atoms with van der Waals surface area (Å²) in [6.45, 7) is 11.3. The fourth-order valence-corrected chi connectivity index (χ4v) is 4.14. The molecule has 0 saturated carbocycles. The van der Waals surface area contributed by atoms with E-state index in [2.05, 4.69) is 54.4 Å². The van der Waals surface area contributed by atoms with Gasteiger partial charge in [0.25, 0.3) is 11.1 Å². The molecule has 10 heteroatoms. The average Bonchev–Trinajstić information content (AvgIpc) is 3.43. The lowest BCUT2D eigenvalue weighted by Gasteiger charge is -2.03. The van der Waals surface area contributed by atoms with Crippen LogP contribution in [0.2, 0.25) is 0 Å². The van der Waals surface area contributed by atoms with Crippen molar-refractivity contribution in [2.24, 2.45) is 0 Å². The van der Waals surface area contributed by atoms with Crippen LogP contribution in [-0.4, -0.2) is 43.0 Å². The van der Waals surface area contributed by atoms with Gasteiger partial charge in [0.15, 0.2) is 0 Å². The molecule has 0 unspecified atom stereocenters. The third-order valence-electron chi connectivity index (χ3n) is 6.03. The molecule has 0 saturated heterocycles. The second-order valence-corrected chi connectivity index (χ2v) is 9.15. The number of unbranched alkanes of at least 4 members (excludes halogenated alkanes) is 4. The van der Waals surface area contributed by atoms with Gasteiger partial charge in [-0.15, -0.1) is 0 Å². The average molecular weight is 513 g/mol. The summed E-state index contributed by atoms with van der Waals surface area (Å²) in [4.78, 5) is 43.9.